The van der Waals surface area contributed by atoms with Crippen molar-refractivity contribution in [3.05, 3.63) is 30.3 Å². The Morgan fingerprint density at radius 1 is 1.31 bits per heavy atom. The van der Waals surface area contributed by atoms with Crippen molar-refractivity contribution in [2.75, 3.05) is 6.54 Å². The molecule has 2 nitrogen and oxygen atoms in total. The van der Waals surface area contributed by atoms with Crippen LogP contribution in [0.4, 0.5) is 0 Å². The highest BCUT2D eigenvalue weighted by molar-refractivity contribution is 5.21. The first kappa shape index (κ1) is 11.5. The maximum atomic E-state index is 5.92. The summed E-state index contributed by atoms with van der Waals surface area (Å²) in [5.41, 5.74) is 0. The lowest BCUT2D eigenvalue weighted by molar-refractivity contribution is 0.178. The molecular weight excluding hydrogens is 198 g/mol. The molecule has 1 unspecified atom stereocenters. The molecule has 0 radical (unpaired) electrons. The summed E-state index contributed by atoms with van der Waals surface area (Å²) >= 11 is 0. The number of benzene rings is 1. The summed E-state index contributed by atoms with van der Waals surface area (Å²) in [7, 11) is 0. The van der Waals surface area contributed by atoms with E-state index >= 15 is 0 Å². The van der Waals surface area contributed by atoms with Gasteiger partial charge < -0.3 is 10.1 Å². The van der Waals surface area contributed by atoms with Crippen LogP contribution in [-0.4, -0.2) is 18.7 Å². The van der Waals surface area contributed by atoms with Crippen molar-refractivity contribution in [2.24, 2.45) is 0 Å². The molecule has 0 aliphatic heterocycles. The van der Waals surface area contributed by atoms with E-state index in [1.165, 1.54) is 19.3 Å². The predicted octanol–water partition coefficient (Wildman–Crippen LogP) is 2.99. The molecule has 1 fully saturated rings. The quantitative estimate of drug-likeness (QED) is 0.794. The topological polar surface area (TPSA) is 21.3 Å². The van der Waals surface area contributed by atoms with Crippen LogP contribution < -0.4 is 10.1 Å². The Morgan fingerprint density at radius 3 is 2.62 bits per heavy atom. The van der Waals surface area contributed by atoms with Gasteiger partial charge in [-0.2, -0.15) is 0 Å². The van der Waals surface area contributed by atoms with Gasteiger partial charge in [-0.25, -0.2) is 0 Å². The maximum absolute atomic E-state index is 5.92. The Labute approximate surface area is 98.0 Å². The molecule has 2 heteroatoms. The second-order valence-corrected chi connectivity index (χ2v) is 4.50. The minimum Gasteiger partial charge on any atom is -0.489 e. The second-order valence-electron chi connectivity index (χ2n) is 4.50. The molecule has 0 amide bonds. The van der Waals surface area contributed by atoms with Crippen LogP contribution in [0.15, 0.2) is 30.3 Å². The fourth-order valence-electron chi connectivity index (χ4n) is 1.87. The highest BCUT2D eigenvalue weighted by Gasteiger charge is 2.18. The zero-order valence-corrected chi connectivity index (χ0v) is 9.99. The lowest BCUT2D eigenvalue weighted by Crippen LogP contribution is -2.41. The first-order chi connectivity index (χ1) is 7.88. The molecule has 1 aromatic rings. The zero-order chi connectivity index (χ0) is 11.2. The van der Waals surface area contributed by atoms with Crippen molar-refractivity contribution in [3.63, 3.8) is 0 Å². The van der Waals surface area contributed by atoms with Gasteiger partial charge in [-0.05, 0) is 31.4 Å². The summed E-state index contributed by atoms with van der Waals surface area (Å²) in [6.45, 7) is 3.14. The third-order valence-corrected chi connectivity index (χ3v) is 3.24. The van der Waals surface area contributed by atoms with Crippen LogP contribution in [0.5, 0.6) is 5.75 Å². The molecule has 88 valence electrons. The van der Waals surface area contributed by atoms with Gasteiger partial charge in [-0.15, -0.1) is 0 Å². The largest absolute Gasteiger partial charge is 0.489 e. The Hall–Kier alpha value is -1.02. The zero-order valence-electron chi connectivity index (χ0n) is 9.99. The molecule has 0 heterocycles. The minimum atomic E-state index is 0.294. The molecule has 0 saturated heterocycles. The molecule has 0 aromatic heterocycles. The summed E-state index contributed by atoms with van der Waals surface area (Å²) in [6, 6.07) is 10.8. The van der Waals surface area contributed by atoms with Gasteiger partial charge in [0, 0.05) is 12.6 Å². The lowest BCUT2D eigenvalue weighted by Gasteiger charge is -2.28. The monoisotopic (exact) mass is 219 g/mol. The van der Waals surface area contributed by atoms with E-state index in [1.54, 1.807) is 0 Å². The van der Waals surface area contributed by atoms with Crippen LogP contribution in [0.3, 0.4) is 0 Å². The molecule has 0 bridgehead atoms. The molecule has 1 aromatic carbocycles. The molecule has 1 N–H and O–H groups in total. The summed E-state index contributed by atoms with van der Waals surface area (Å²) in [4.78, 5) is 0. The standard InChI is InChI=1S/C14H21NO/c1-2-13(11-15-12-7-6-8-12)16-14-9-4-3-5-10-14/h3-5,9-10,12-13,15H,2,6-8,11H2,1H3. The van der Waals surface area contributed by atoms with Gasteiger partial charge in [0.2, 0.25) is 0 Å². The fraction of sp³-hybridized carbons (Fsp3) is 0.571. The molecule has 2 rings (SSSR count). The maximum Gasteiger partial charge on any atom is 0.119 e. The van der Waals surface area contributed by atoms with Gasteiger partial charge in [0.15, 0.2) is 0 Å². The summed E-state index contributed by atoms with van der Waals surface area (Å²) < 4.78 is 5.92. The average Bonchev–Trinajstić information content (AvgIpc) is 2.27. The number of hydrogen-bond donors (Lipinski definition) is 1. The van der Waals surface area contributed by atoms with Crippen molar-refractivity contribution in [1.29, 1.82) is 0 Å². The van der Waals surface area contributed by atoms with Crippen LogP contribution >= 0.6 is 0 Å². The van der Waals surface area contributed by atoms with Crippen LogP contribution in [0.2, 0.25) is 0 Å². The summed E-state index contributed by atoms with van der Waals surface area (Å²) in [5, 5.41) is 3.57. The van der Waals surface area contributed by atoms with E-state index in [9.17, 15) is 0 Å². The first-order valence-electron chi connectivity index (χ1n) is 6.33. The van der Waals surface area contributed by atoms with Gasteiger partial charge in [0.1, 0.15) is 11.9 Å². The smallest absolute Gasteiger partial charge is 0.119 e. The summed E-state index contributed by atoms with van der Waals surface area (Å²) in [6.07, 6.45) is 5.40. The van der Waals surface area contributed by atoms with E-state index in [4.69, 9.17) is 4.74 Å². The van der Waals surface area contributed by atoms with E-state index in [0.717, 1.165) is 24.8 Å². The number of hydrogen-bond acceptors (Lipinski definition) is 2. The van der Waals surface area contributed by atoms with Gasteiger partial charge >= 0.3 is 0 Å². The second kappa shape index (κ2) is 5.90. The van der Waals surface area contributed by atoms with E-state index in [1.807, 2.05) is 30.3 Å². The van der Waals surface area contributed by atoms with Gasteiger partial charge in [0.05, 0.1) is 0 Å². The molecule has 0 spiro atoms. The van der Waals surface area contributed by atoms with Crippen molar-refractivity contribution in [2.45, 2.75) is 44.8 Å². The van der Waals surface area contributed by atoms with Crippen LogP contribution in [0.1, 0.15) is 32.6 Å². The van der Waals surface area contributed by atoms with Crippen molar-refractivity contribution < 1.29 is 4.74 Å². The highest BCUT2D eigenvalue weighted by Crippen LogP contribution is 2.18. The van der Waals surface area contributed by atoms with Gasteiger partial charge in [-0.1, -0.05) is 31.5 Å². The minimum absolute atomic E-state index is 0.294. The Balaban J connectivity index is 1.76. The molecule has 16 heavy (non-hydrogen) atoms. The van der Waals surface area contributed by atoms with E-state index < -0.39 is 0 Å². The normalized spacial score (nSPS) is 17.8. The van der Waals surface area contributed by atoms with Gasteiger partial charge in [0.25, 0.3) is 0 Å². The number of nitrogens with one attached hydrogen (secondary N) is 1. The number of para-hydroxylation sites is 1. The van der Waals surface area contributed by atoms with Crippen molar-refractivity contribution >= 4 is 0 Å². The van der Waals surface area contributed by atoms with E-state index in [-0.39, 0.29) is 0 Å². The van der Waals surface area contributed by atoms with Crippen molar-refractivity contribution in [1.82, 2.24) is 5.32 Å². The van der Waals surface area contributed by atoms with E-state index in [2.05, 4.69) is 12.2 Å². The number of ether oxygens (including phenoxy) is 1. The molecular formula is C14H21NO. The highest BCUT2D eigenvalue weighted by atomic mass is 16.5. The molecule has 1 saturated carbocycles. The van der Waals surface area contributed by atoms with Crippen molar-refractivity contribution in [3.8, 4) is 5.75 Å². The van der Waals surface area contributed by atoms with Crippen LogP contribution in [0.25, 0.3) is 0 Å². The Bertz CT molecular complexity index is 295. The third-order valence-electron chi connectivity index (χ3n) is 3.24. The molecule has 1 aliphatic rings. The molecule has 1 aliphatic carbocycles. The molecule has 1 atom stereocenters. The fourth-order valence-corrected chi connectivity index (χ4v) is 1.87. The average molecular weight is 219 g/mol. The van der Waals surface area contributed by atoms with Crippen LogP contribution in [0, 0.1) is 0 Å². The Morgan fingerprint density at radius 2 is 2.06 bits per heavy atom. The Kier molecular flexibility index (Phi) is 4.23. The first-order valence-corrected chi connectivity index (χ1v) is 6.33. The van der Waals surface area contributed by atoms with Gasteiger partial charge in [-0.3, -0.25) is 0 Å². The predicted molar refractivity (Wildman–Crippen MR) is 66.8 cm³/mol. The SMILES string of the molecule is CCC(CNC1CCC1)Oc1ccccc1. The van der Waals surface area contributed by atoms with E-state index in [0.29, 0.717) is 6.10 Å². The summed E-state index contributed by atoms with van der Waals surface area (Å²) in [5.74, 6) is 0.977. The third kappa shape index (κ3) is 3.24. The van der Waals surface area contributed by atoms with Crippen LogP contribution in [-0.2, 0) is 0 Å². The lowest BCUT2D eigenvalue weighted by atomic mass is 9.93. The number of rotatable bonds is 6.